The van der Waals surface area contributed by atoms with E-state index < -0.39 is 5.41 Å². The van der Waals surface area contributed by atoms with Gasteiger partial charge in [0.1, 0.15) is 11.5 Å². The summed E-state index contributed by atoms with van der Waals surface area (Å²) < 4.78 is 5.11. The zero-order valence-electron chi connectivity index (χ0n) is 8.46. The van der Waals surface area contributed by atoms with Crippen LogP contribution >= 0.6 is 0 Å². The van der Waals surface area contributed by atoms with Gasteiger partial charge in [-0.15, -0.1) is 0 Å². The van der Waals surface area contributed by atoms with Crippen LogP contribution in [0.5, 0.6) is 0 Å². The fraction of sp³-hybridized carbons (Fsp3) is 0.600. The molecular weight excluding hydrogens is 164 g/mol. The van der Waals surface area contributed by atoms with Gasteiger partial charge in [0.15, 0.2) is 0 Å². The lowest BCUT2D eigenvalue weighted by Gasteiger charge is -2.08. The molecule has 0 spiro atoms. The van der Waals surface area contributed by atoms with Crippen LogP contribution in [0.25, 0.3) is 0 Å². The number of nitriles is 1. The Kier molecular flexibility index (Phi) is 2.42. The molecule has 0 amide bonds. The predicted octanol–water partition coefficient (Wildman–Crippen LogP) is 2.60. The Morgan fingerprint density at radius 3 is 2.54 bits per heavy atom. The van der Waals surface area contributed by atoms with E-state index in [1.54, 1.807) is 0 Å². The molecule has 0 bridgehead atoms. The Hall–Kier alpha value is -1.30. The van der Waals surface area contributed by atoms with Gasteiger partial charge >= 0.3 is 0 Å². The van der Waals surface area contributed by atoms with Gasteiger partial charge in [0.25, 0.3) is 0 Å². The van der Waals surface area contributed by atoms with Gasteiger partial charge in [0, 0.05) is 12.0 Å². The normalized spacial score (nSPS) is 11.7. The van der Waals surface area contributed by atoms with Crippen molar-refractivity contribution in [2.24, 2.45) is 0 Å². The summed E-state index contributed by atoms with van der Waals surface area (Å²) in [7, 11) is 0. The average Bonchev–Trinajstić information content (AvgIpc) is 2.52. The van der Waals surface area contributed by atoms with E-state index >= 15 is 0 Å². The molecule has 0 N–H and O–H groups in total. The van der Waals surface area contributed by atoms with Gasteiger partial charge in [0.2, 0.25) is 0 Å². The van der Waals surface area contributed by atoms with E-state index in [0.29, 0.717) is 11.6 Å². The lowest BCUT2D eigenvalue weighted by molar-refractivity contribution is 0.359. The fourth-order valence-corrected chi connectivity index (χ4v) is 0.913. The standard InChI is InChI=1S/C10H14N2O/c1-7(2)8-5-9(12-13-8)10(3,4)6-11/h5,7H,1-4H3. The molecule has 0 aliphatic rings. The van der Waals surface area contributed by atoms with Crippen molar-refractivity contribution >= 4 is 0 Å². The quantitative estimate of drug-likeness (QED) is 0.699. The zero-order valence-corrected chi connectivity index (χ0v) is 8.46. The van der Waals surface area contributed by atoms with Gasteiger partial charge in [0.05, 0.1) is 11.5 Å². The topological polar surface area (TPSA) is 49.8 Å². The highest BCUT2D eigenvalue weighted by atomic mass is 16.5. The fourth-order valence-electron chi connectivity index (χ4n) is 0.913. The van der Waals surface area contributed by atoms with Crippen LogP contribution < -0.4 is 0 Å². The van der Waals surface area contributed by atoms with Crippen LogP contribution in [-0.4, -0.2) is 5.16 Å². The molecular formula is C10H14N2O. The van der Waals surface area contributed by atoms with Crippen molar-refractivity contribution in [3.05, 3.63) is 17.5 Å². The van der Waals surface area contributed by atoms with E-state index in [-0.39, 0.29) is 0 Å². The molecule has 0 radical (unpaired) electrons. The first-order valence-electron chi connectivity index (χ1n) is 4.35. The van der Waals surface area contributed by atoms with E-state index in [1.165, 1.54) is 0 Å². The summed E-state index contributed by atoms with van der Waals surface area (Å²) in [5, 5.41) is 12.7. The largest absolute Gasteiger partial charge is 0.361 e. The minimum Gasteiger partial charge on any atom is -0.361 e. The second-order valence-electron chi connectivity index (χ2n) is 4.01. The first-order chi connectivity index (χ1) is 5.97. The maximum Gasteiger partial charge on any atom is 0.139 e. The van der Waals surface area contributed by atoms with Gasteiger partial charge < -0.3 is 4.52 Å². The molecule has 0 atom stereocenters. The van der Waals surface area contributed by atoms with E-state index in [2.05, 4.69) is 11.2 Å². The molecule has 1 aromatic heterocycles. The molecule has 0 unspecified atom stereocenters. The molecule has 1 rings (SSSR count). The van der Waals surface area contributed by atoms with Crippen LogP contribution in [0.15, 0.2) is 10.6 Å². The van der Waals surface area contributed by atoms with E-state index in [1.807, 2.05) is 33.8 Å². The van der Waals surface area contributed by atoms with Crippen LogP contribution in [0.2, 0.25) is 0 Å². The molecule has 0 aromatic carbocycles. The second-order valence-corrected chi connectivity index (χ2v) is 4.01. The van der Waals surface area contributed by atoms with E-state index in [0.717, 1.165) is 5.76 Å². The molecule has 0 fully saturated rings. The van der Waals surface area contributed by atoms with Crippen molar-refractivity contribution in [1.29, 1.82) is 5.26 Å². The highest BCUT2D eigenvalue weighted by molar-refractivity contribution is 5.24. The van der Waals surface area contributed by atoms with Crippen molar-refractivity contribution in [2.75, 3.05) is 0 Å². The molecule has 0 saturated heterocycles. The van der Waals surface area contributed by atoms with Crippen LogP contribution in [0.4, 0.5) is 0 Å². The summed E-state index contributed by atoms with van der Waals surface area (Å²) in [6.07, 6.45) is 0. The molecule has 70 valence electrons. The number of aromatic nitrogens is 1. The van der Waals surface area contributed by atoms with Gasteiger partial charge in [-0.2, -0.15) is 5.26 Å². The van der Waals surface area contributed by atoms with Crippen LogP contribution in [-0.2, 0) is 5.41 Å². The third-order valence-electron chi connectivity index (χ3n) is 2.02. The van der Waals surface area contributed by atoms with Gasteiger partial charge in [-0.1, -0.05) is 19.0 Å². The minimum atomic E-state index is -0.559. The Bertz CT molecular complexity index is 331. The minimum absolute atomic E-state index is 0.316. The molecule has 0 aliphatic heterocycles. The smallest absolute Gasteiger partial charge is 0.139 e. The molecule has 1 aromatic rings. The van der Waals surface area contributed by atoms with Crippen molar-refractivity contribution in [2.45, 2.75) is 39.0 Å². The molecule has 1 heterocycles. The van der Waals surface area contributed by atoms with Crippen LogP contribution in [0, 0.1) is 11.3 Å². The van der Waals surface area contributed by atoms with Crippen LogP contribution in [0.1, 0.15) is 45.1 Å². The summed E-state index contributed by atoms with van der Waals surface area (Å²) in [4.78, 5) is 0. The maximum atomic E-state index is 8.86. The molecule has 0 saturated carbocycles. The lowest BCUT2D eigenvalue weighted by atomic mass is 9.91. The molecule has 13 heavy (non-hydrogen) atoms. The zero-order chi connectivity index (χ0) is 10.1. The molecule has 3 nitrogen and oxygen atoms in total. The molecule has 3 heteroatoms. The number of hydrogen-bond donors (Lipinski definition) is 0. The average molecular weight is 178 g/mol. The van der Waals surface area contributed by atoms with Crippen LogP contribution in [0.3, 0.4) is 0 Å². The Labute approximate surface area is 78.3 Å². The Balaban J connectivity index is 3.00. The molecule has 0 aliphatic carbocycles. The Morgan fingerprint density at radius 2 is 2.15 bits per heavy atom. The highest BCUT2D eigenvalue weighted by Gasteiger charge is 2.24. The third kappa shape index (κ3) is 1.89. The maximum absolute atomic E-state index is 8.86. The Morgan fingerprint density at radius 1 is 1.54 bits per heavy atom. The lowest BCUT2D eigenvalue weighted by Crippen LogP contribution is -2.13. The van der Waals surface area contributed by atoms with Crippen molar-refractivity contribution in [3.8, 4) is 6.07 Å². The summed E-state index contributed by atoms with van der Waals surface area (Å²) in [6, 6.07) is 4.04. The van der Waals surface area contributed by atoms with Gasteiger partial charge in [-0.25, -0.2) is 0 Å². The van der Waals surface area contributed by atoms with E-state index in [9.17, 15) is 0 Å². The number of rotatable bonds is 2. The summed E-state index contributed by atoms with van der Waals surface area (Å²) >= 11 is 0. The summed E-state index contributed by atoms with van der Waals surface area (Å²) in [5.41, 5.74) is 0.148. The van der Waals surface area contributed by atoms with Crippen molar-refractivity contribution in [3.63, 3.8) is 0 Å². The van der Waals surface area contributed by atoms with Gasteiger partial charge in [-0.05, 0) is 13.8 Å². The highest BCUT2D eigenvalue weighted by Crippen LogP contribution is 2.24. The summed E-state index contributed by atoms with van der Waals surface area (Å²) in [6.45, 7) is 7.72. The summed E-state index contributed by atoms with van der Waals surface area (Å²) in [5.74, 6) is 1.15. The monoisotopic (exact) mass is 178 g/mol. The number of nitrogens with zero attached hydrogens (tertiary/aromatic N) is 2. The number of hydrogen-bond acceptors (Lipinski definition) is 3. The predicted molar refractivity (Wildman–Crippen MR) is 49.2 cm³/mol. The SMILES string of the molecule is CC(C)c1cc(C(C)(C)C#N)no1. The van der Waals surface area contributed by atoms with Crippen molar-refractivity contribution < 1.29 is 4.52 Å². The van der Waals surface area contributed by atoms with Gasteiger partial charge in [-0.3, -0.25) is 0 Å². The first-order valence-corrected chi connectivity index (χ1v) is 4.35. The second kappa shape index (κ2) is 3.21. The first kappa shape index (κ1) is 9.79. The van der Waals surface area contributed by atoms with E-state index in [4.69, 9.17) is 9.78 Å². The third-order valence-corrected chi connectivity index (χ3v) is 2.02. The van der Waals surface area contributed by atoms with Crippen molar-refractivity contribution in [1.82, 2.24) is 5.16 Å².